The first-order valence-corrected chi connectivity index (χ1v) is 5.26. The molecule has 0 fully saturated rings. The van der Waals surface area contributed by atoms with Gasteiger partial charge in [-0.2, -0.15) is 0 Å². The van der Waals surface area contributed by atoms with Gasteiger partial charge in [-0.25, -0.2) is 0 Å². The van der Waals surface area contributed by atoms with Crippen LogP contribution in [0.2, 0.25) is 0 Å². The van der Waals surface area contributed by atoms with E-state index in [9.17, 15) is 0 Å². The van der Waals surface area contributed by atoms with Crippen LogP contribution < -0.4 is 4.74 Å². The Bertz CT molecular complexity index is 456. The Balaban J connectivity index is 2.58. The minimum atomic E-state index is 0.689. The normalized spacial score (nSPS) is 10.4. The summed E-state index contributed by atoms with van der Waals surface area (Å²) in [6, 6.07) is 5.99. The van der Waals surface area contributed by atoms with E-state index in [1.54, 1.807) is 6.20 Å². The number of halogens is 1. The number of hydrogen-bond acceptors (Lipinski definition) is 2. The lowest BCUT2D eigenvalue weighted by molar-refractivity contribution is 0.340. The number of ether oxygens (including phenoxy) is 1. The lowest BCUT2D eigenvalue weighted by Gasteiger charge is -2.05. The molecule has 0 spiro atoms. The standard InChI is InChI=1S/C11H10BrNO/c1-2-14-9-4-3-8-6-13-7-11(12)10(8)5-9/h3-7H,2H2,1H3. The molecule has 2 rings (SSSR count). The molecule has 0 bridgehead atoms. The molecule has 1 aromatic carbocycles. The summed E-state index contributed by atoms with van der Waals surface area (Å²) < 4.78 is 6.42. The molecule has 1 aromatic heterocycles. The molecule has 72 valence electrons. The maximum Gasteiger partial charge on any atom is 0.119 e. The van der Waals surface area contributed by atoms with Gasteiger partial charge in [0.15, 0.2) is 0 Å². The molecule has 0 amide bonds. The van der Waals surface area contributed by atoms with E-state index >= 15 is 0 Å². The third kappa shape index (κ3) is 1.73. The lowest BCUT2D eigenvalue weighted by atomic mass is 10.2. The summed E-state index contributed by atoms with van der Waals surface area (Å²) in [5, 5.41) is 2.24. The molecule has 3 heteroatoms. The molecule has 0 N–H and O–H groups in total. The molecule has 2 nitrogen and oxygen atoms in total. The second-order valence-electron chi connectivity index (χ2n) is 2.94. The fourth-order valence-electron chi connectivity index (χ4n) is 1.36. The van der Waals surface area contributed by atoms with Crippen molar-refractivity contribution in [3.8, 4) is 5.75 Å². The van der Waals surface area contributed by atoms with Crippen LogP contribution in [0.1, 0.15) is 6.92 Å². The maximum atomic E-state index is 5.43. The summed E-state index contributed by atoms with van der Waals surface area (Å²) in [5.74, 6) is 0.895. The summed E-state index contributed by atoms with van der Waals surface area (Å²) in [7, 11) is 0. The van der Waals surface area contributed by atoms with Crippen molar-refractivity contribution in [3.63, 3.8) is 0 Å². The Morgan fingerprint density at radius 2 is 2.21 bits per heavy atom. The minimum absolute atomic E-state index is 0.689. The molecule has 2 aromatic rings. The van der Waals surface area contributed by atoms with Crippen molar-refractivity contribution in [2.24, 2.45) is 0 Å². The average molecular weight is 252 g/mol. The molecular formula is C11H10BrNO. The fraction of sp³-hybridized carbons (Fsp3) is 0.182. The van der Waals surface area contributed by atoms with Gasteiger partial charge in [-0.3, -0.25) is 4.98 Å². The van der Waals surface area contributed by atoms with Crippen LogP contribution in [0, 0.1) is 0 Å². The van der Waals surface area contributed by atoms with Gasteiger partial charge in [0.2, 0.25) is 0 Å². The number of pyridine rings is 1. The Labute approximate surface area is 91.0 Å². The summed E-state index contributed by atoms with van der Waals surface area (Å²) in [5.41, 5.74) is 0. The maximum absolute atomic E-state index is 5.43. The van der Waals surface area contributed by atoms with Crippen LogP contribution in [0.3, 0.4) is 0 Å². The number of fused-ring (bicyclic) bond motifs is 1. The number of nitrogens with zero attached hydrogens (tertiary/aromatic N) is 1. The van der Waals surface area contributed by atoms with Crippen LogP contribution in [-0.4, -0.2) is 11.6 Å². The Morgan fingerprint density at radius 3 is 3.00 bits per heavy atom. The summed E-state index contributed by atoms with van der Waals surface area (Å²) in [6.07, 6.45) is 3.63. The highest BCUT2D eigenvalue weighted by Crippen LogP contribution is 2.26. The summed E-state index contributed by atoms with van der Waals surface area (Å²) in [6.45, 7) is 2.67. The van der Waals surface area contributed by atoms with E-state index in [1.807, 2.05) is 31.3 Å². The van der Waals surface area contributed by atoms with Crippen LogP contribution in [0.15, 0.2) is 35.1 Å². The van der Waals surface area contributed by atoms with Crippen molar-refractivity contribution in [1.29, 1.82) is 0 Å². The van der Waals surface area contributed by atoms with Crippen LogP contribution in [-0.2, 0) is 0 Å². The molecule has 14 heavy (non-hydrogen) atoms. The topological polar surface area (TPSA) is 22.1 Å². The molecule has 0 aliphatic rings. The van der Waals surface area contributed by atoms with E-state index < -0.39 is 0 Å². The Morgan fingerprint density at radius 1 is 1.36 bits per heavy atom. The SMILES string of the molecule is CCOc1ccc2cncc(Br)c2c1. The van der Waals surface area contributed by atoms with Crippen LogP contribution in [0.5, 0.6) is 5.75 Å². The van der Waals surface area contributed by atoms with E-state index in [4.69, 9.17) is 4.74 Å². The highest BCUT2D eigenvalue weighted by molar-refractivity contribution is 9.10. The molecule has 0 aliphatic heterocycles. The van der Waals surface area contributed by atoms with Gasteiger partial charge in [0.05, 0.1) is 6.61 Å². The van der Waals surface area contributed by atoms with Gasteiger partial charge in [-0.1, -0.05) is 0 Å². The first kappa shape index (κ1) is 9.46. The van der Waals surface area contributed by atoms with Gasteiger partial charge in [-0.15, -0.1) is 0 Å². The van der Waals surface area contributed by atoms with Crippen molar-refractivity contribution in [3.05, 3.63) is 35.1 Å². The van der Waals surface area contributed by atoms with Crippen LogP contribution in [0.25, 0.3) is 10.8 Å². The first-order valence-electron chi connectivity index (χ1n) is 4.47. The zero-order chi connectivity index (χ0) is 9.97. The van der Waals surface area contributed by atoms with E-state index in [2.05, 4.69) is 20.9 Å². The van der Waals surface area contributed by atoms with Crippen LogP contribution in [0.4, 0.5) is 0 Å². The van der Waals surface area contributed by atoms with Gasteiger partial charge in [-0.05, 0) is 41.1 Å². The molecule has 0 unspecified atom stereocenters. The van der Waals surface area contributed by atoms with E-state index in [1.165, 1.54) is 0 Å². The zero-order valence-electron chi connectivity index (χ0n) is 7.83. The van der Waals surface area contributed by atoms with Crippen molar-refractivity contribution < 1.29 is 4.74 Å². The predicted octanol–water partition coefficient (Wildman–Crippen LogP) is 3.40. The van der Waals surface area contributed by atoms with E-state index in [-0.39, 0.29) is 0 Å². The van der Waals surface area contributed by atoms with Gasteiger partial charge in [0.1, 0.15) is 5.75 Å². The molecule has 0 saturated heterocycles. The molecular weight excluding hydrogens is 242 g/mol. The average Bonchev–Trinajstić information content (AvgIpc) is 2.20. The molecule has 0 aliphatic carbocycles. The molecule has 1 heterocycles. The summed E-state index contributed by atoms with van der Waals surface area (Å²) >= 11 is 3.46. The summed E-state index contributed by atoms with van der Waals surface area (Å²) in [4.78, 5) is 4.10. The highest BCUT2D eigenvalue weighted by atomic mass is 79.9. The van der Waals surface area contributed by atoms with Crippen molar-refractivity contribution in [2.75, 3.05) is 6.61 Å². The number of aromatic nitrogens is 1. The second kappa shape index (κ2) is 3.96. The van der Waals surface area contributed by atoms with Crippen molar-refractivity contribution in [1.82, 2.24) is 4.98 Å². The highest BCUT2D eigenvalue weighted by Gasteiger charge is 2.00. The van der Waals surface area contributed by atoms with Gasteiger partial charge in [0, 0.05) is 27.6 Å². The monoisotopic (exact) mass is 251 g/mol. The fourth-order valence-corrected chi connectivity index (χ4v) is 1.83. The third-order valence-electron chi connectivity index (χ3n) is 1.99. The largest absolute Gasteiger partial charge is 0.494 e. The quantitative estimate of drug-likeness (QED) is 0.817. The van der Waals surface area contributed by atoms with Crippen molar-refractivity contribution >= 4 is 26.7 Å². The second-order valence-corrected chi connectivity index (χ2v) is 3.79. The van der Waals surface area contributed by atoms with Crippen LogP contribution >= 0.6 is 15.9 Å². The van der Waals surface area contributed by atoms with Gasteiger partial charge >= 0.3 is 0 Å². The van der Waals surface area contributed by atoms with Gasteiger partial charge in [0.25, 0.3) is 0 Å². The zero-order valence-corrected chi connectivity index (χ0v) is 9.41. The Kier molecular flexibility index (Phi) is 2.68. The molecule has 0 radical (unpaired) electrons. The smallest absolute Gasteiger partial charge is 0.119 e. The third-order valence-corrected chi connectivity index (χ3v) is 2.63. The number of hydrogen-bond donors (Lipinski definition) is 0. The lowest BCUT2D eigenvalue weighted by Crippen LogP contribution is -1.91. The number of benzene rings is 1. The Hall–Kier alpha value is -1.09. The first-order chi connectivity index (χ1) is 6.81. The number of rotatable bonds is 2. The van der Waals surface area contributed by atoms with E-state index in [0.29, 0.717) is 6.61 Å². The van der Waals surface area contributed by atoms with E-state index in [0.717, 1.165) is 21.0 Å². The molecule has 0 saturated carbocycles. The molecule has 0 atom stereocenters. The minimum Gasteiger partial charge on any atom is -0.494 e. The van der Waals surface area contributed by atoms with Crippen molar-refractivity contribution in [2.45, 2.75) is 6.92 Å². The predicted molar refractivity (Wildman–Crippen MR) is 60.6 cm³/mol. The van der Waals surface area contributed by atoms with Gasteiger partial charge < -0.3 is 4.74 Å².